The van der Waals surface area contributed by atoms with E-state index in [0.29, 0.717) is 11.3 Å². The number of nitrogens with one attached hydrogen (secondary N) is 1. The number of benzene rings is 2. The largest absolute Gasteiger partial charge is 0.496 e. The molecule has 0 bridgehead atoms. The number of hydrogen-bond donors (Lipinski definition) is 2. The molecule has 0 aliphatic carbocycles. The highest BCUT2D eigenvalue weighted by Gasteiger charge is 2.26. The average Bonchev–Trinajstić information content (AvgIpc) is 3.05. The lowest BCUT2D eigenvalue weighted by Gasteiger charge is -2.22. The highest BCUT2D eigenvalue weighted by Crippen LogP contribution is 2.32. The quantitative estimate of drug-likeness (QED) is 0.746. The summed E-state index contributed by atoms with van der Waals surface area (Å²) in [5.41, 5.74) is -0.686. The van der Waals surface area contributed by atoms with Gasteiger partial charge in [0, 0.05) is 9.58 Å². The van der Waals surface area contributed by atoms with E-state index in [1.165, 1.54) is 18.4 Å². The van der Waals surface area contributed by atoms with Crippen molar-refractivity contribution in [1.29, 1.82) is 0 Å². The second kappa shape index (κ2) is 6.63. The summed E-state index contributed by atoms with van der Waals surface area (Å²) in [6.45, 7) is 1.83. The minimum absolute atomic E-state index is 0.122. The summed E-state index contributed by atoms with van der Waals surface area (Å²) in [4.78, 5) is 13.2. The fourth-order valence-corrected chi connectivity index (χ4v) is 3.62. The zero-order chi connectivity index (χ0) is 17.2. The Hall–Kier alpha value is -2.37. The van der Waals surface area contributed by atoms with Gasteiger partial charge in [-0.1, -0.05) is 30.3 Å². The molecule has 0 aliphatic rings. The van der Waals surface area contributed by atoms with Crippen LogP contribution < -0.4 is 10.1 Å². The van der Waals surface area contributed by atoms with Crippen molar-refractivity contribution in [1.82, 2.24) is 5.32 Å². The third kappa shape index (κ3) is 3.27. The normalized spacial score (nSPS) is 13.5. The van der Waals surface area contributed by atoms with Crippen molar-refractivity contribution in [2.24, 2.45) is 0 Å². The molecular weight excluding hydrogens is 322 g/mol. The molecule has 0 unspecified atom stereocenters. The Morgan fingerprint density at radius 3 is 2.67 bits per heavy atom. The van der Waals surface area contributed by atoms with E-state index in [-0.39, 0.29) is 12.5 Å². The van der Waals surface area contributed by atoms with E-state index in [1.54, 1.807) is 25.1 Å². The highest BCUT2D eigenvalue weighted by atomic mass is 32.1. The smallest absolute Gasteiger partial charge is 0.255 e. The minimum atomic E-state index is -1.14. The molecule has 5 heteroatoms. The Labute approximate surface area is 144 Å². The number of thiophene rings is 1. The van der Waals surface area contributed by atoms with Crippen molar-refractivity contribution < 1.29 is 14.6 Å². The van der Waals surface area contributed by atoms with Gasteiger partial charge in [-0.3, -0.25) is 4.79 Å². The Morgan fingerprint density at radius 1 is 1.21 bits per heavy atom. The van der Waals surface area contributed by atoms with Crippen LogP contribution in [0.3, 0.4) is 0 Å². The number of ether oxygens (including phenoxy) is 1. The summed E-state index contributed by atoms with van der Waals surface area (Å²) in [6.07, 6.45) is 0. The topological polar surface area (TPSA) is 58.6 Å². The number of hydrogen-bond acceptors (Lipinski definition) is 4. The molecule has 0 saturated heterocycles. The monoisotopic (exact) mass is 341 g/mol. The molecule has 124 valence electrons. The van der Waals surface area contributed by atoms with E-state index in [0.717, 1.165) is 15.0 Å². The lowest BCUT2D eigenvalue weighted by atomic mass is 10.0. The first-order valence-corrected chi connectivity index (χ1v) is 8.45. The van der Waals surface area contributed by atoms with E-state index in [9.17, 15) is 9.90 Å². The van der Waals surface area contributed by atoms with E-state index in [2.05, 4.69) is 5.32 Å². The molecule has 0 spiro atoms. The second-order valence-corrected chi connectivity index (χ2v) is 6.89. The van der Waals surface area contributed by atoms with Gasteiger partial charge in [-0.05, 0) is 36.6 Å². The molecule has 1 atom stereocenters. The molecule has 2 aromatic carbocycles. The van der Waals surface area contributed by atoms with Gasteiger partial charge in [0.25, 0.3) is 5.91 Å². The molecule has 0 saturated carbocycles. The van der Waals surface area contributed by atoms with Crippen molar-refractivity contribution in [2.45, 2.75) is 12.5 Å². The molecule has 0 aliphatic heterocycles. The van der Waals surface area contributed by atoms with E-state index < -0.39 is 5.60 Å². The summed E-state index contributed by atoms with van der Waals surface area (Å²) in [5, 5.41) is 14.7. The summed E-state index contributed by atoms with van der Waals surface area (Å²) in [5.74, 6) is 0.241. The maximum Gasteiger partial charge on any atom is 0.255 e. The number of fused-ring (bicyclic) bond motifs is 1. The van der Waals surface area contributed by atoms with Gasteiger partial charge in [-0.2, -0.15) is 0 Å². The molecule has 2 N–H and O–H groups in total. The van der Waals surface area contributed by atoms with Crippen LogP contribution in [0.1, 0.15) is 22.2 Å². The molecule has 3 rings (SSSR count). The molecule has 0 fully saturated rings. The number of amides is 1. The predicted molar refractivity (Wildman–Crippen MR) is 96.7 cm³/mol. The number of aliphatic hydroxyl groups is 1. The fourth-order valence-electron chi connectivity index (χ4n) is 2.51. The van der Waals surface area contributed by atoms with E-state index in [4.69, 9.17) is 4.74 Å². The van der Waals surface area contributed by atoms with Crippen LogP contribution in [0.2, 0.25) is 0 Å². The van der Waals surface area contributed by atoms with Gasteiger partial charge in [0.1, 0.15) is 11.4 Å². The van der Waals surface area contributed by atoms with Crippen LogP contribution in [0, 0.1) is 0 Å². The Balaban J connectivity index is 1.76. The number of para-hydroxylation sites is 1. The van der Waals surface area contributed by atoms with Gasteiger partial charge in [-0.25, -0.2) is 0 Å². The predicted octanol–water partition coefficient (Wildman–Crippen LogP) is 3.55. The van der Waals surface area contributed by atoms with Crippen molar-refractivity contribution in [3.63, 3.8) is 0 Å². The van der Waals surface area contributed by atoms with E-state index in [1.807, 2.05) is 36.4 Å². The van der Waals surface area contributed by atoms with Crippen LogP contribution in [0.5, 0.6) is 5.75 Å². The van der Waals surface area contributed by atoms with Crippen LogP contribution in [-0.4, -0.2) is 24.7 Å². The van der Waals surface area contributed by atoms with Gasteiger partial charge in [-0.15, -0.1) is 11.3 Å². The highest BCUT2D eigenvalue weighted by molar-refractivity contribution is 7.19. The lowest BCUT2D eigenvalue weighted by Crippen LogP contribution is -2.38. The molecule has 1 aromatic heterocycles. The first kappa shape index (κ1) is 16.5. The summed E-state index contributed by atoms with van der Waals surface area (Å²) < 4.78 is 6.32. The maximum atomic E-state index is 12.4. The molecule has 24 heavy (non-hydrogen) atoms. The van der Waals surface area contributed by atoms with Crippen LogP contribution in [-0.2, 0) is 5.60 Å². The zero-order valence-electron chi connectivity index (χ0n) is 13.6. The maximum absolute atomic E-state index is 12.4. The fraction of sp³-hybridized carbons (Fsp3) is 0.211. The van der Waals surface area contributed by atoms with Gasteiger partial charge in [0.2, 0.25) is 0 Å². The second-order valence-electron chi connectivity index (χ2n) is 5.81. The van der Waals surface area contributed by atoms with Crippen molar-refractivity contribution in [2.75, 3.05) is 13.7 Å². The number of carbonyl (C=O) groups excluding carboxylic acids is 1. The third-order valence-electron chi connectivity index (χ3n) is 3.90. The Morgan fingerprint density at radius 2 is 1.92 bits per heavy atom. The molecular formula is C19H19NO3S. The standard InChI is InChI=1S/C19H19NO3S/c1-19(22,17-11-13-7-3-6-10-16(13)24-17)12-20-18(21)14-8-4-5-9-15(14)23-2/h3-11,22H,12H2,1-2H3,(H,20,21)/t19-/m1/s1. The number of rotatable bonds is 5. The van der Waals surface area contributed by atoms with Crippen LogP contribution in [0.25, 0.3) is 10.1 Å². The van der Waals surface area contributed by atoms with E-state index >= 15 is 0 Å². The van der Waals surface area contributed by atoms with Crippen LogP contribution in [0.15, 0.2) is 54.6 Å². The minimum Gasteiger partial charge on any atom is -0.496 e. The molecule has 1 heterocycles. The molecule has 4 nitrogen and oxygen atoms in total. The van der Waals surface area contributed by atoms with Gasteiger partial charge >= 0.3 is 0 Å². The summed E-state index contributed by atoms with van der Waals surface area (Å²) in [6, 6.07) is 17.0. The van der Waals surface area contributed by atoms with Gasteiger partial charge in [0.05, 0.1) is 19.2 Å². The SMILES string of the molecule is COc1ccccc1C(=O)NC[C@@](C)(O)c1cc2ccccc2s1. The van der Waals surface area contributed by atoms with Gasteiger partial charge in [0.15, 0.2) is 0 Å². The average molecular weight is 341 g/mol. The zero-order valence-corrected chi connectivity index (χ0v) is 14.4. The first-order chi connectivity index (χ1) is 11.5. The van der Waals surface area contributed by atoms with Gasteiger partial charge < -0.3 is 15.2 Å². The van der Waals surface area contributed by atoms with Crippen molar-refractivity contribution >= 4 is 27.3 Å². The third-order valence-corrected chi connectivity index (χ3v) is 5.27. The number of carbonyl (C=O) groups is 1. The molecule has 0 radical (unpaired) electrons. The number of methoxy groups -OCH3 is 1. The Bertz CT molecular complexity index is 837. The first-order valence-electron chi connectivity index (χ1n) is 7.64. The van der Waals surface area contributed by atoms with Crippen LogP contribution >= 0.6 is 11.3 Å². The Kier molecular flexibility index (Phi) is 4.55. The summed E-state index contributed by atoms with van der Waals surface area (Å²) >= 11 is 1.53. The molecule has 3 aromatic rings. The van der Waals surface area contributed by atoms with Crippen LogP contribution in [0.4, 0.5) is 0 Å². The molecule has 1 amide bonds. The lowest BCUT2D eigenvalue weighted by molar-refractivity contribution is 0.0556. The van der Waals surface area contributed by atoms with Crippen molar-refractivity contribution in [3.05, 3.63) is 65.0 Å². The summed E-state index contributed by atoms with van der Waals surface area (Å²) in [7, 11) is 1.53. The van der Waals surface area contributed by atoms with Crippen molar-refractivity contribution in [3.8, 4) is 5.75 Å².